The smallest absolute Gasteiger partial charge is 0.339 e. The number of amides is 1. The van der Waals surface area contributed by atoms with Crippen molar-refractivity contribution in [2.45, 2.75) is 31.9 Å². The van der Waals surface area contributed by atoms with Crippen LogP contribution in [0.15, 0.2) is 61.3 Å². The molecule has 0 saturated carbocycles. The lowest BCUT2D eigenvalue weighted by Crippen LogP contribution is -2.34. The summed E-state index contributed by atoms with van der Waals surface area (Å²) in [5.41, 5.74) is 2.41. The van der Waals surface area contributed by atoms with Crippen LogP contribution in [0.25, 0.3) is 0 Å². The Labute approximate surface area is 224 Å². The van der Waals surface area contributed by atoms with Gasteiger partial charge >= 0.3 is 6.18 Å². The van der Waals surface area contributed by atoms with Crippen molar-refractivity contribution in [2.75, 3.05) is 42.3 Å². The molecule has 4 rings (SSSR count). The molecule has 2 heterocycles. The highest BCUT2D eigenvalue weighted by atomic mass is 19.4. The molecule has 7 nitrogen and oxygen atoms in total. The summed E-state index contributed by atoms with van der Waals surface area (Å²) in [5, 5.41) is 8.30. The standard InChI is InChI=1S/C28H30F4N6O/c1-3-25(39)34-21-5-4-6-22(16-21)35-26-23(28(30,31)32)17-33-27(37-26)36-24-8-7-20(15-18(24)2)19-9-12-38(13-10-19)14-11-29/h3-8,15-17,19H,1,9-14H2,2H3,(H,34,39)(H2,33,35,36,37). The van der Waals surface area contributed by atoms with Gasteiger partial charge in [-0.1, -0.05) is 24.8 Å². The van der Waals surface area contributed by atoms with E-state index in [9.17, 15) is 22.4 Å². The number of benzene rings is 2. The van der Waals surface area contributed by atoms with Crippen molar-refractivity contribution in [1.29, 1.82) is 0 Å². The Morgan fingerprint density at radius 1 is 1.13 bits per heavy atom. The molecule has 0 atom stereocenters. The van der Waals surface area contributed by atoms with Crippen LogP contribution in [0.3, 0.4) is 0 Å². The maximum Gasteiger partial charge on any atom is 0.421 e. The molecule has 1 saturated heterocycles. The number of rotatable bonds is 9. The molecule has 3 N–H and O–H groups in total. The van der Waals surface area contributed by atoms with Crippen molar-refractivity contribution < 1.29 is 22.4 Å². The van der Waals surface area contributed by atoms with Crippen molar-refractivity contribution in [1.82, 2.24) is 14.9 Å². The van der Waals surface area contributed by atoms with Gasteiger partial charge in [0, 0.05) is 29.8 Å². The Bertz CT molecular complexity index is 1320. The molecule has 1 aliphatic heterocycles. The SMILES string of the molecule is C=CC(=O)Nc1cccc(Nc2nc(Nc3ccc(C4CCN(CCF)CC4)cc3C)ncc2C(F)(F)F)c1. The largest absolute Gasteiger partial charge is 0.421 e. The van der Waals surface area contributed by atoms with Crippen LogP contribution in [-0.4, -0.2) is 47.1 Å². The molecule has 206 valence electrons. The summed E-state index contributed by atoms with van der Waals surface area (Å²) < 4.78 is 53.8. The molecule has 0 radical (unpaired) electrons. The van der Waals surface area contributed by atoms with E-state index in [0.717, 1.165) is 43.8 Å². The van der Waals surface area contributed by atoms with Crippen LogP contribution in [0.1, 0.15) is 35.4 Å². The number of piperidine rings is 1. The highest BCUT2D eigenvalue weighted by molar-refractivity contribution is 5.99. The summed E-state index contributed by atoms with van der Waals surface area (Å²) >= 11 is 0. The minimum Gasteiger partial charge on any atom is -0.339 e. The highest BCUT2D eigenvalue weighted by Crippen LogP contribution is 2.36. The minimum absolute atomic E-state index is 0.00278. The first kappa shape index (κ1) is 28.0. The first-order valence-electron chi connectivity index (χ1n) is 12.6. The molecule has 11 heteroatoms. The molecule has 0 bridgehead atoms. The summed E-state index contributed by atoms with van der Waals surface area (Å²) in [6.07, 6.45) is -0.970. The molecule has 39 heavy (non-hydrogen) atoms. The maximum atomic E-state index is 13.7. The van der Waals surface area contributed by atoms with Gasteiger partial charge in [-0.2, -0.15) is 18.2 Å². The topological polar surface area (TPSA) is 82.2 Å². The van der Waals surface area contributed by atoms with Gasteiger partial charge in [-0.05, 0) is 80.2 Å². The number of nitrogens with zero attached hydrogens (tertiary/aromatic N) is 3. The normalized spacial score (nSPS) is 14.6. The predicted octanol–water partition coefficient (Wildman–Crippen LogP) is 6.56. The van der Waals surface area contributed by atoms with Crippen molar-refractivity contribution in [3.05, 3.63) is 78.0 Å². The third-order valence-corrected chi connectivity index (χ3v) is 6.63. The average molecular weight is 543 g/mol. The summed E-state index contributed by atoms with van der Waals surface area (Å²) in [5.74, 6) is -0.502. The Balaban J connectivity index is 1.53. The van der Waals surface area contributed by atoms with Gasteiger partial charge in [0.1, 0.15) is 18.1 Å². The molecular formula is C28H30F4N6O. The molecule has 0 unspecified atom stereocenters. The molecule has 3 aromatic rings. The molecule has 0 aliphatic carbocycles. The van der Waals surface area contributed by atoms with Crippen molar-refractivity contribution in [3.63, 3.8) is 0 Å². The molecule has 1 fully saturated rings. The fourth-order valence-corrected chi connectivity index (χ4v) is 4.56. The lowest BCUT2D eigenvalue weighted by atomic mass is 9.88. The number of alkyl halides is 4. The van der Waals surface area contributed by atoms with Gasteiger partial charge in [-0.25, -0.2) is 9.37 Å². The Hall–Kier alpha value is -3.99. The second-order valence-electron chi connectivity index (χ2n) is 9.36. The highest BCUT2D eigenvalue weighted by Gasteiger charge is 2.35. The fourth-order valence-electron chi connectivity index (χ4n) is 4.56. The van der Waals surface area contributed by atoms with Crippen LogP contribution in [0.5, 0.6) is 0 Å². The van der Waals surface area contributed by atoms with Crippen molar-refractivity contribution in [3.8, 4) is 0 Å². The van der Waals surface area contributed by atoms with E-state index in [-0.39, 0.29) is 12.6 Å². The number of likely N-dealkylation sites (tertiary alicyclic amines) is 1. The first-order chi connectivity index (χ1) is 18.7. The van der Waals surface area contributed by atoms with E-state index in [1.165, 1.54) is 11.6 Å². The fraction of sp³-hybridized carbons (Fsp3) is 0.321. The Morgan fingerprint density at radius 3 is 2.54 bits per heavy atom. The first-order valence-corrected chi connectivity index (χ1v) is 12.6. The van der Waals surface area contributed by atoms with Gasteiger partial charge in [0.15, 0.2) is 0 Å². The Kier molecular flexibility index (Phi) is 8.80. The van der Waals surface area contributed by atoms with Crippen LogP contribution in [0.4, 0.5) is 46.4 Å². The zero-order valence-electron chi connectivity index (χ0n) is 21.5. The minimum atomic E-state index is -4.69. The lowest BCUT2D eigenvalue weighted by Gasteiger charge is -2.31. The van der Waals surface area contributed by atoms with Gasteiger partial charge in [-0.3, -0.25) is 4.79 Å². The van der Waals surface area contributed by atoms with Crippen molar-refractivity contribution >= 4 is 34.7 Å². The summed E-state index contributed by atoms with van der Waals surface area (Å²) in [7, 11) is 0. The second kappa shape index (κ2) is 12.2. The quantitative estimate of drug-likeness (QED) is 0.210. The number of halogens is 4. The van der Waals surface area contributed by atoms with E-state index in [4.69, 9.17) is 0 Å². The van der Waals surface area contributed by atoms with Gasteiger partial charge in [-0.15, -0.1) is 0 Å². The molecule has 2 aromatic carbocycles. The predicted molar refractivity (Wildman–Crippen MR) is 144 cm³/mol. The van der Waals surface area contributed by atoms with Gasteiger partial charge in [0.05, 0.1) is 0 Å². The Morgan fingerprint density at radius 2 is 1.87 bits per heavy atom. The molecule has 1 amide bonds. The summed E-state index contributed by atoms with van der Waals surface area (Å²) in [6, 6.07) is 12.2. The van der Waals surface area contributed by atoms with Crippen LogP contribution in [0, 0.1) is 6.92 Å². The third-order valence-electron chi connectivity index (χ3n) is 6.63. The van der Waals surface area contributed by atoms with Gasteiger partial charge in [0.2, 0.25) is 11.9 Å². The average Bonchev–Trinajstić information content (AvgIpc) is 2.90. The van der Waals surface area contributed by atoms with Crippen LogP contribution >= 0.6 is 0 Å². The van der Waals surface area contributed by atoms with E-state index in [0.29, 0.717) is 29.5 Å². The van der Waals surface area contributed by atoms with Crippen LogP contribution < -0.4 is 16.0 Å². The molecule has 1 aliphatic rings. The summed E-state index contributed by atoms with van der Waals surface area (Å²) in [4.78, 5) is 21.7. The maximum absolute atomic E-state index is 13.7. The van der Waals surface area contributed by atoms with E-state index in [2.05, 4.69) is 43.5 Å². The second-order valence-corrected chi connectivity index (χ2v) is 9.36. The van der Waals surface area contributed by atoms with E-state index in [1.807, 2.05) is 19.1 Å². The number of aryl methyl sites for hydroxylation is 1. The zero-order chi connectivity index (χ0) is 28.0. The van der Waals surface area contributed by atoms with E-state index < -0.39 is 23.5 Å². The third kappa shape index (κ3) is 7.32. The number of anilines is 5. The number of nitrogens with one attached hydrogen (secondary N) is 3. The molecule has 0 spiro atoms. The number of aromatic nitrogens is 2. The molecular weight excluding hydrogens is 512 g/mol. The summed E-state index contributed by atoms with van der Waals surface area (Å²) in [6.45, 7) is 7.13. The van der Waals surface area contributed by atoms with E-state index >= 15 is 0 Å². The van der Waals surface area contributed by atoms with Gasteiger partial charge in [0.25, 0.3) is 0 Å². The molecule has 1 aromatic heterocycles. The number of carbonyl (C=O) groups is 1. The monoisotopic (exact) mass is 542 g/mol. The van der Waals surface area contributed by atoms with Crippen LogP contribution in [0.2, 0.25) is 0 Å². The van der Waals surface area contributed by atoms with Crippen LogP contribution in [-0.2, 0) is 11.0 Å². The lowest BCUT2D eigenvalue weighted by molar-refractivity contribution is -0.137. The van der Waals surface area contributed by atoms with E-state index in [1.54, 1.807) is 18.2 Å². The number of hydrogen-bond donors (Lipinski definition) is 3. The van der Waals surface area contributed by atoms with Crippen molar-refractivity contribution in [2.24, 2.45) is 0 Å². The number of hydrogen-bond acceptors (Lipinski definition) is 6. The van der Waals surface area contributed by atoms with Gasteiger partial charge < -0.3 is 20.9 Å². The number of carbonyl (C=O) groups excluding carboxylic acids is 1. The zero-order valence-corrected chi connectivity index (χ0v) is 21.5.